The molecule has 2 aromatic carbocycles. The number of nitrogens with one attached hydrogen (secondary N) is 1. The molecule has 0 aliphatic carbocycles. The molecule has 29 heavy (non-hydrogen) atoms. The van der Waals surface area contributed by atoms with Crippen LogP contribution in [0.5, 0.6) is 0 Å². The Kier molecular flexibility index (Phi) is 7.38. The molecule has 0 saturated heterocycles. The van der Waals surface area contributed by atoms with Gasteiger partial charge in [-0.25, -0.2) is 9.18 Å². The van der Waals surface area contributed by atoms with Crippen LogP contribution in [-0.4, -0.2) is 48.9 Å². The average Bonchev–Trinajstić information content (AvgIpc) is 2.67. The standard InChI is InChI=1S/C20H22FN3O5/c1-4-29-20(26)15-8-14(10-17(11-15)24(27)28)19(25)22-12-18(23(2)3)13-6-5-7-16(21)9-13/h5-11,18H,4,12H2,1-3H3,(H,22,25). The van der Waals surface area contributed by atoms with Crippen molar-refractivity contribution in [1.29, 1.82) is 0 Å². The number of hydrogen-bond acceptors (Lipinski definition) is 6. The molecule has 0 heterocycles. The molecule has 1 unspecified atom stereocenters. The van der Waals surface area contributed by atoms with Crippen LogP contribution in [0.25, 0.3) is 0 Å². The second-order valence-corrected chi connectivity index (χ2v) is 6.49. The van der Waals surface area contributed by atoms with Crippen molar-refractivity contribution in [1.82, 2.24) is 10.2 Å². The number of non-ortho nitro benzene ring substituents is 1. The molecule has 0 radical (unpaired) electrons. The Hall–Kier alpha value is -3.33. The van der Waals surface area contributed by atoms with Crippen LogP contribution in [0.2, 0.25) is 0 Å². The van der Waals surface area contributed by atoms with Gasteiger partial charge < -0.3 is 15.0 Å². The molecule has 0 aliphatic rings. The summed E-state index contributed by atoms with van der Waals surface area (Å²) >= 11 is 0. The van der Waals surface area contributed by atoms with Crippen LogP contribution in [-0.2, 0) is 4.74 Å². The van der Waals surface area contributed by atoms with Crippen LogP contribution < -0.4 is 5.32 Å². The molecular weight excluding hydrogens is 381 g/mol. The van der Waals surface area contributed by atoms with Gasteiger partial charge >= 0.3 is 5.97 Å². The molecule has 0 aromatic heterocycles. The van der Waals surface area contributed by atoms with Crippen molar-refractivity contribution in [2.75, 3.05) is 27.2 Å². The fraction of sp³-hybridized carbons (Fsp3) is 0.300. The van der Waals surface area contributed by atoms with Gasteiger partial charge in [0.1, 0.15) is 5.82 Å². The summed E-state index contributed by atoms with van der Waals surface area (Å²) < 4.78 is 18.4. The maximum absolute atomic E-state index is 13.5. The number of carbonyl (C=O) groups is 2. The van der Waals surface area contributed by atoms with E-state index in [0.717, 1.165) is 12.1 Å². The molecule has 0 saturated carbocycles. The van der Waals surface area contributed by atoms with Gasteiger partial charge in [-0.05, 0) is 44.8 Å². The fourth-order valence-electron chi connectivity index (χ4n) is 2.78. The Morgan fingerprint density at radius 1 is 1.21 bits per heavy atom. The van der Waals surface area contributed by atoms with Gasteiger partial charge in [-0.3, -0.25) is 14.9 Å². The van der Waals surface area contributed by atoms with E-state index >= 15 is 0 Å². The van der Waals surface area contributed by atoms with E-state index < -0.39 is 28.3 Å². The van der Waals surface area contributed by atoms with Crippen molar-refractivity contribution in [3.8, 4) is 0 Å². The van der Waals surface area contributed by atoms with Gasteiger partial charge in [-0.2, -0.15) is 0 Å². The van der Waals surface area contributed by atoms with Crippen molar-refractivity contribution in [3.63, 3.8) is 0 Å². The number of nitrogens with zero attached hydrogens (tertiary/aromatic N) is 2. The Morgan fingerprint density at radius 2 is 1.90 bits per heavy atom. The molecule has 2 aromatic rings. The van der Waals surface area contributed by atoms with Crippen molar-refractivity contribution in [2.24, 2.45) is 0 Å². The zero-order valence-corrected chi connectivity index (χ0v) is 16.3. The van der Waals surface area contributed by atoms with Gasteiger partial charge in [-0.15, -0.1) is 0 Å². The summed E-state index contributed by atoms with van der Waals surface area (Å²) in [5.41, 5.74) is 0.149. The number of hydrogen-bond donors (Lipinski definition) is 1. The van der Waals surface area contributed by atoms with Crippen LogP contribution in [0, 0.1) is 15.9 Å². The lowest BCUT2D eigenvalue weighted by molar-refractivity contribution is -0.384. The number of nitro groups is 1. The minimum atomic E-state index is -0.754. The number of ether oxygens (including phenoxy) is 1. The lowest BCUT2D eigenvalue weighted by Gasteiger charge is -2.25. The predicted molar refractivity (Wildman–Crippen MR) is 104 cm³/mol. The van der Waals surface area contributed by atoms with E-state index in [2.05, 4.69) is 5.32 Å². The van der Waals surface area contributed by atoms with E-state index in [4.69, 9.17) is 4.74 Å². The SMILES string of the molecule is CCOC(=O)c1cc(C(=O)NCC(c2cccc(F)c2)N(C)C)cc([N+](=O)[O-])c1. The normalized spacial score (nSPS) is 11.8. The van der Waals surface area contributed by atoms with Gasteiger partial charge in [0.25, 0.3) is 11.6 Å². The maximum atomic E-state index is 13.5. The number of likely N-dealkylation sites (N-methyl/N-ethyl adjacent to an activating group) is 1. The topological polar surface area (TPSA) is 102 Å². The van der Waals surface area contributed by atoms with Gasteiger partial charge in [0, 0.05) is 24.2 Å². The van der Waals surface area contributed by atoms with E-state index in [1.165, 1.54) is 18.2 Å². The van der Waals surface area contributed by atoms with Crippen molar-refractivity contribution >= 4 is 17.6 Å². The lowest BCUT2D eigenvalue weighted by atomic mass is 10.0. The Morgan fingerprint density at radius 3 is 2.48 bits per heavy atom. The number of esters is 1. The van der Waals surface area contributed by atoms with Gasteiger partial charge in [0.2, 0.25) is 0 Å². The van der Waals surface area contributed by atoms with E-state index in [-0.39, 0.29) is 30.3 Å². The van der Waals surface area contributed by atoms with Crippen LogP contribution in [0.4, 0.5) is 10.1 Å². The Labute approximate surface area is 167 Å². The van der Waals surface area contributed by atoms with Gasteiger partial charge in [-0.1, -0.05) is 12.1 Å². The van der Waals surface area contributed by atoms with E-state index in [1.54, 1.807) is 33.2 Å². The summed E-state index contributed by atoms with van der Waals surface area (Å²) in [6.07, 6.45) is 0. The van der Waals surface area contributed by atoms with E-state index in [0.29, 0.717) is 5.56 Å². The van der Waals surface area contributed by atoms with Crippen LogP contribution in [0.1, 0.15) is 39.2 Å². The fourth-order valence-corrected chi connectivity index (χ4v) is 2.78. The third-order valence-electron chi connectivity index (χ3n) is 4.21. The zero-order valence-electron chi connectivity index (χ0n) is 16.3. The van der Waals surface area contributed by atoms with E-state index in [1.807, 2.05) is 4.90 Å². The van der Waals surface area contributed by atoms with Crippen molar-refractivity contribution in [2.45, 2.75) is 13.0 Å². The summed E-state index contributed by atoms with van der Waals surface area (Å²) in [7, 11) is 3.57. The second kappa shape index (κ2) is 9.74. The van der Waals surface area contributed by atoms with Gasteiger partial charge in [0.05, 0.1) is 23.1 Å². The first-order valence-electron chi connectivity index (χ1n) is 8.89. The number of amides is 1. The molecule has 0 spiro atoms. The molecule has 1 atom stereocenters. The third-order valence-corrected chi connectivity index (χ3v) is 4.21. The highest BCUT2D eigenvalue weighted by Crippen LogP contribution is 2.20. The Bertz CT molecular complexity index is 917. The van der Waals surface area contributed by atoms with Crippen LogP contribution in [0.3, 0.4) is 0 Å². The minimum Gasteiger partial charge on any atom is -0.462 e. The van der Waals surface area contributed by atoms with Crippen LogP contribution >= 0.6 is 0 Å². The summed E-state index contributed by atoms with van der Waals surface area (Å²) in [5.74, 6) is -1.74. The molecule has 0 bridgehead atoms. The third kappa shape index (κ3) is 5.82. The molecule has 8 nitrogen and oxygen atoms in total. The maximum Gasteiger partial charge on any atom is 0.338 e. The smallest absolute Gasteiger partial charge is 0.338 e. The number of carbonyl (C=O) groups excluding carboxylic acids is 2. The van der Waals surface area contributed by atoms with Crippen molar-refractivity contribution < 1.29 is 23.6 Å². The molecule has 9 heteroatoms. The lowest BCUT2D eigenvalue weighted by Crippen LogP contribution is -2.34. The highest BCUT2D eigenvalue weighted by atomic mass is 19.1. The largest absolute Gasteiger partial charge is 0.462 e. The molecular formula is C20H22FN3O5. The molecule has 0 fully saturated rings. The van der Waals surface area contributed by atoms with E-state index in [9.17, 15) is 24.1 Å². The molecule has 0 aliphatic heterocycles. The molecule has 1 amide bonds. The summed E-state index contributed by atoms with van der Waals surface area (Å²) in [5, 5.41) is 13.8. The molecule has 1 N–H and O–H groups in total. The summed E-state index contributed by atoms with van der Waals surface area (Å²) in [6, 6.07) is 9.10. The first kappa shape index (κ1) is 22.0. The minimum absolute atomic E-state index is 0.0426. The van der Waals surface area contributed by atoms with Crippen LogP contribution in [0.15, 0.2) is 42.5 Å². The number of halogens is 1. The summed E-state index contributed by atoms with van der Waals surface area (Å²) in [6.45, 7) is 1.84. The monoisotopic (exact) mass is 403 g/mol. The Balaban J connectivity index is 2.24. The second-order valence-electron chi connectivity index (χ2n) is 6.49. The zero-order chi connectivity index (χ0) is 21.6. The highest BCUT2D eigenvalue weighted by molar-refractivity contribution is 5.99. The number of benzene rings is 2. The average molecular weight is 403 g/mol. The molecule has 154 valence electrons. The first-order valence-corrected chi connectivity index (χ1v) is 8.89. The predicted octanol–water partition coefficient (Wildman–Crippen LogP) is 2.94. The highest BCUT2D eigenvalue weighted by Gasteiger charge is 2.20. The molecule has 2 rings (SSSR count). The summed E-state index contributed by atoms with van der Waals surface area (Å²) in [4.78, 5) is 36.8. The quantitative estimate of drug-likeness (QED) is 0.413. The van der Waals surface area contributed by atoms with Gasteiger partial charge in [0.15, 0.2) is 0 Å². The number of nitro benzene ring substituents is 1. The van der Waals surface area contributed by atoms with Crippen molar-refractivity contribution in [3.05, 3.63) is 75.1 Å². The number of rotatable bonds is 8. The first-order chi connectivity index (χ1) is 13.7.